The number of furan rings is 1. The van der Waals surface area contributed by atoms with Crippen molar-refractivity contribution in [3.63, 3.8) is 0 Å². The number of hydrazone groups is 1. The van der Waals surface area contributed by atoms with Gasteiger partial charge in [-0.2, -0.15) is 10.4 Å². The van der Waals surface area contributed by atoms with Gasteiger partial charge in [0.2, 0.25) is 0 Å². The molecule has 0 fully saturated rings. The van der Waals surface area contributed by atoms with Crippen molar-refractivity contribution in [1.29, 1.82) is 5.26 Å². The standard InChI is InChI=1S/C14H10FN3O2/c15-11-3-1-10(2-4-11)13-6-5-12(20-13)9-17-18-14(19)7-8-16/h1-6,9H,7H2,(H,18,19). The predicted octanol–water partition coefficient (Wildman–Crippen LogP) is 2.45. The van der Waals surface area contributed by atoms with Crippen LogP contribution in [0.3, 0.4) is 0 Å². The molecule has 0 aliphatic rings. The molecule has 2 aromatic rings. The summed E-state index contributed by atoms with van der Waals surface area (Å²) in [6, 6.07) is 11.0. The number of hydrogen-bond acceptors (Lipinski definition) is 4. The first-order valence-corrected chi connectivity index (χ1v) is 5.73. The summed E-state index contributed by atoms with van der Waals surface area (Å²) in [7, 11) is 0. The van der Waals surface area contributed by atoms with Crippen LogP contribution in [0.2, 0.25) is 0 Å². The van der Waals surface area contributed by atoms with Crippen LogP contribution in [0.25, 0.3) is 11.3 Å². The molecule has 2 rings (SSSR count). The number of carbonyl (C=O) groups excluding carboxylic acids is 1. The van der Waals surface area contributed by atoms with E-state index in [1.54, 1.807) is 30.3 Å². The Morgan fingerprint density at radius 3 is 2.80 bits per heavy atom. The van der Waals surface area contributed by atoms with Crippen molar-refractivity contribution < 1.29 is 13.6 Å². The quantitative estimate of drug-likeness (QED) is 0.685. The lowest BCUT2D eigenvalue weighted by Crippen LogP contribution is -2.15. The van der Waals surface area contributed by atoms with E-state index in [0.29, 0.717) is 11.5 Å². The van der Waals surface area contributed by atoms with E-state index in [2.05, 4.69) is 10.5 Å². The molecule has 0 aliphatic carbocycles. The number of carbonyl (C=O) groups is 1. The van der Waals surface area contributed by atoms with Crippen LogP contribution in [0.4, 0.5) is 4.39 Å². The van der Waals surface area contributed by atoms with Gasteiger partial charge in [0.1, 0.15) is 23.8 Å². The molecule has 5 nitrogen and oxygen atoms in total. The van der Waals surface area contributed by atoms with E-state index < -0.39 is 5.91 Å². The molecular weight excluding hydrogens is 261 g/mol. The van der Waals surface area contributed by atoms with Gasteiger partial charge in [-0.3, -0.25) is 4.79 Å². The van der Waals surface area contributed by atoms with Crippen LogP contribution in [-0.2, 0) is 4.79 Å². The molecule has 0 radical (unpaired) electrons. The molecule has 0 atom stereocenters. The fourth-order valence-corrected chi connectivity index (χ4v) is 1.47. The predicted molar refractivity (Wildman–Crippen MR) is 70.1 cm³/mol. The van der Waals surface area contributed by atoms with E-state index in [4.69, 9.17) is 9.68 Å². The minimum Gasteiger partial charge on any atom is -0.455 e. The summed E-state index contributed by atoms with van der Waals surface area (Å²) in [6.45, 7) is 0. The molecule has 1 aromatic carbocycles. The third kappa shape index (κ3) is 3.53. The molecule has 6 heteroatoms. The summed E-state index contributed by atoms with van der Waals surface area (Å²) < 4.78 is 18.3. The maximum atomic E-state index is 12.8. The molecule has 1 N–H and O–H groups in total. The summed E-state index contributed by atoms with van der Waals surface area (Å²) in [5.74, 6) is 0.188. The second-order valence-corrected chi connectivity index (χ2v) is 3.84. The highest BCUT2D eigenvalue weighted by atomic mass is 19.1. The van der Waals surface area contributed by atoms with Crippen molar-refractivity contribution in [2.75, 3.05) is 0 Å². The fraction of sp³-hybridized carbons (Fsp3) is 0.0714. The van der Waals surface area contributed by atoms with Crippen LogP contribution in [0.15, 0.2) is 45.9 Å². The Bertz CT molecular complexity index is 668. The molecule has 1 amide bonds. The number of nitrogens with zero attached hydrogens (tertiary/aromatic N) is 2. The smallest absolute Gasteiger partial charge is 0.254 e. The van der Waals surface area contributed by atoms with Gasteiger partial charge in [-0.1, -0.05) is 0 Å². The highest BCUT2D eigenvalue weighted by Gasteiger charge is 2.03. The van der Waals surface area contributed by atoms with Crippen LogP contribution < -0.4 is 5.43 Å². The Labute approximate surface area is 114 Å². The number of hydrogen-bond donors (Lipinski definition) is 1. The molecule has 0 saturated heterocycles. The summed E-state index contributed by atoms with van der Waals surface area (Å²) in [4.78, 5) is 11.0. The Balaban J connectivity index is 2.02. The summed E-state index contributed by atoms with van der Waals surface area (Å²) in [6.07, 6.45) is 1.07. The van der Waals surface area contributed by atoms with Gasteiger partial charge in [0.15, 0.2) is 0 Å². The van der Waals surface area contributed by atoms with E-state index in [1.807, 2.05) is 0 Å². The van der Waals surface area contributed by atoms with Gasteiger partial charge in [0.05, 0.1) is 12.3 Å². The summed E-state index contributed by atoms with van der Waals surface area (Å²) >= 11 is 0. The van der Waals surface area contributed by atoms with Gasteiger partial charge in [0, 0.05) is 5.56 Å². The van der Waals surface area contributed by atoms with E-state index in [0.717, 1.165) is 5.56 Å². The van der Waals surface area contributed by atoms with E-state index in [9.17, 15) is 9.18 Å². The number of nitriles is 1. The van der Waals surface area contributed by atoms with Gasteiger partial charge in [-0.25, -0.2) is 9.82 Å². The zero-order valence-electron chi connectivity index (χ0n) is 10.3. The number of amides is 1. The van der Waals surface area contributed by atoms with Gasteiger partial charge in [-0.05, 0) is 36.4 Å². The molecule has 1 aromatic heterocycles. The fourth-order valence-electron chi connectivity index (χ4n) is 1.47. The van der Waals surface area contributed by atoms with Crippen molar-refractivity contribution in [3.8, 4) is 17.4 Å². The van der Waals surface area contributed by atoms with Crippen LogP contribution in [0.1, 0.15) is 12.2 Å². The first-order chi connectivity index (χ1) is 9.69. The highest BCUT2D eigenvalue weighted by Crippen LogP contribution is 2.21. The second kappa shape index (κ2) is 6.29. The first kappa shape index (κ1) is 13.5. The molecule has 0 spiro atoms. The van der Waals surface area contributed by atoms with E-state index >= 15 is 0 Å². The number of halogens is 1. The van der Waals surface area contributed by atoms with Gasteiger partial charge in [-0.15, -0.1) is 0 Å². The van der Waals surface area contributed by atoms with Crippen molar-refractivity contribution in [2.45, 2.75) is 6.42 Å². The number of rotatable bonds is 4. The Morgan fingerprint density at radius 1 is 1.35 bits per heavy atom. The molecule has 100 valence electrons. The second-order valence-electron chi connectivity index (χ2n) is 3.84. The minimum atomic E-state index is -0.492. The zero-order valence-corrected chi connectivity index (χ0v) is 10.3. The Morgan fingerprint density at radius 2 is 2.10 bits per heavy atom. The number of benzene rings is 1. The molecule has 1 heterocycles. The molecule has 0 unspecified atom stereocenters. The average Bonchev–Trinajstić information content (AvgIpc) is 2.89. The molecule has 0 aliphatic heterocycles. The average molecular weight is 271 g/mol. The lowest BCUT2D eigenvalue weighted by Gasteiger charge is -1.96. The Hall–Kier alpha value is -2.94. The summed E-state index contributed by atoms with van der Waals surface area (Å²) in [5.41, 5.74) is 2.92. The highest BCUT2D eigenvalue weighted by molar-refractivity contribution is 5.81. The van der Waals surface area contributed by atoms with Crippen LogP contribution >= 0.6 is 0 Å². The van der Waals surface area contributed by atoms with Crippen molar-refractivity contribution in [2.24, 2.45) is 5.10 Å². The minimum absolute atomic E-state index is 0.254. The lowest BCUT2D eigenvalue weighted by atomic mass is 10.2. The monoisotopic (exact) mass is 271 g/mol. The van der Waals surface area contributed by atoms with Crippen molar-refractivity contribution in [1.82, 2.24) is 5.43 Å². The maximum absolute atomic E-state index is 12.8. The maximum Gasteiger partial charge on any atom is 0.254 e. The van der Waals surface area contributed by atoms with Crippen molar-refractivity contribution in [3.05, 3.63) is 48.0 Å². The van der Waals surface area contributed by atoms with Crippen molar-refractivity contribution >= 4 is 12.1 Å². The van der Waals surface area contributed by atoms with Gasteiger partial charge in [0.25, 0.3) is 5.91 Å². The lowest BCUT2D eigenvalue weighted by molar-refractivity contribution is -0.120. The third-order valence-corrected chi connectivity index (χ3v) is 2.38. The van der Waals surface area contributed by atoms with E-state index in [1.165, 1.54) is 18.3 Å². The zero-order chi connectivity index (χ0) is 14.4. The van der Waals surface area contributed by atoms with Gasteiger partial charge < -0.3 is 4.42 Å². The van der Waals surface area contributed by atoms with Crippen LogP contribution in [-0.4, -0.2) is 12.1 Å². The van der Waals surface area contributed by atoms with E-state index in [-0.39, 0.29) is 12.2 Å². The molecule has 0 bridgehead atoms. The SMILES string of the molecule is N#CCC(=O)NN=Cc1ccc(-c2ccc(F)cc2)o1. The normalized spacial score (nSPS) is 10.4. The van der Waals surface area contributed by atoms with Crippen LogP contribution in [0, 0.1) is 17.1 Å². The van der Waals surface area contributed by atoms with Crippen LogP contribution in [0.5, 0.6) is 0 Å². The first-order valence-electron chi connectivity index (χ1n) is 5.73. The summed E-state index contributed by atoms with van der Waals surface area (Å²) in [5, 5.41) is 11.9. The molecular formula is C14H10FN3O2. The molecule has 20 heavy (non-hydrogen) atoms. The Kier molecular flexibility index (Phi) is 4.24. The third-order valence-electron chi connectivity index (χ3n) is 2.38. The largest absolute Gasteiger partial charge is 0.455 e. The topological polar surface area (TPSA) is 78.4 Å². The molecule has 0 saturated carbocycles. The van der Waals surface area contributed by atoms with Gasteiger partial charge >= 0.3 is 0 Å². The number of nitrogens with one attached hydrogen (secondary N) is 1.